The van der Waals surface area contributed by atoms with Crippen LogP contribution in [0.5, 0.6) is 5.75 Å². The summed E-state index contributed by atoms with van der Waals surface area (Å²) in [5.74, 6) is 1.36. The molecule has 1 aromatic carbocycles. The molecule has 0 amide bonds. The van der Waals surface area contributed by atoms with Crippen molar-refractivity contribution in [2.24, 2.45) is 0 Å². The van der Waals surface area contributed by atoms with Gasteiger partial charge in [-0.05, 0) is 26.0 Å². The third-order valence-corrected chi connectivity index (χ3v) is 2.26. The maximum Gasteiger partial charge on any atom is 0.181 e. The first-order valence-corrected chi connectivity index (χ1v) is 5.51. The second-order valence-electron chi connectivity index (χ2n) is 3.98. The van der Waals surface area contributed by atoms with E-state index in [2.05, 4.69) is 4.98 Å². The number of aromatic nitrogens is 1. The maximum atomic E-state index is 9.13. The van der Waals surface area contributed by atoms with E-state index in [9.17, 15) is 0 Å². The average Bonchev–Trinajstić information content (AvgIpc) is 2.76. The molecule has 0 saturated heterocycles. The van der Waals surface area contributed by atoms with Crippen LogP contribution in [-0.2, 0) is 6.61 Å². The number of aliphatic hydroxyl groups excluding tert-OH is 1. The lowest BCUT2D eigenvalue weighted by Gasteiger charge is -2.10. The second-order valence-corrected chi connectivity index (χ2v) is 3.98. The van der Waals surface area contributed by atoms with Gasteiger partial charge in [-0.25, -0.2) is 4.98 Å². The van der Waals surface area contributed by atoms with Crippen molar-refractivity contribution in [3.8, 4) is 17.1 Å². The number of hydrogen-bond donors (Lipinski definition) is 1. The lowest BCUT2D eigenvalue weighted by atomic mass is 10.1. The molecule has 0 aliphatic heterocycles. The van der Waals surface area contributed by atoms with Gasteiger partial charge in [-0.2, -0.15) is 0 Å². The fraction of sp³-hybridized carbons (Fsp3) is 0.308. The molecule has 1 N–H and O–H groups in total. The van der Waals surface area contributed by atoms with Crippen molar-refractivity contribution >= 4 is 0 Å². The van der Waals surface area contributed by atoms with E-state index in [1.165, 1.54) is 6.39 Å². The van der Waals surface area contributed by atoms with Crippen LogP contribution in [0.3, 0.4) is 0 Å². The molecule has 0 atom stereocenters. The van der Waals surface area contributed by atoms with Crippen molar-refractivity contribution in [1.82, 2.24) is 4.98 Å². The van der Waals surface area contributed by atoms with E-state index >= 15 is 0 Å². The van der Waals surface area contributed by atoms with Gasteiger partial charge in [0.15, 0.2) is 12.2 Å². The standard InChI is InChI=1S/C13H15NO3/c1-9(2)17-11-5-3-4-10(6-11)13-12(7-15)14-8-16-13/h3-6,8-9,15H,7H2,1-2H3. The Morgan fingerprint density at radius 1 is 1.41 bits per heavy atom. The molecule has 17 heavy (non-hydrogen) atoms. The molecule has 4 heteroatoms. The minimum atomic E-state index is -0.138. The monoisotopic (exact) mass is 233 g/mol. The van der Waals surface area contributed by atoms with Crippen molar-refractivity contribution in [3.63, 3.8) is 0 Å². The minimum Gasteiger partial charge on any atom is -0.491 e. The lowest BCUT2D eigenvalue weighted by Crippen LogP contribution is -2.05. The summed E-state index contributed by atoms with van der Waals surface area (Å²) in [5, 5.41) is 9.13. The van der Waals surface area contributed by atoms with E-state index in [4.69, 9.17) is 14.3 Å². The average molecular weight is 233 g/mol. The van der Waals surface area contributed by atoms with Crippen LogP contribution in [-0.4, -0.2) is 16.2 Å². The predicted molar refractivity (Wildman–Crippen MR) is 63.6 cm³/mol. The fourth-order valence-corrected chi connectivity index (χ4v) is 1.60. The van der Waals surface area contributed by atoms with Crippen LogP contribution in [0.1, 0.15) is 19.5 Å². The SMILES string of the molecule is CC(C)Oc1cccc(-c2ocnc2CO)c1. The van der Waals surface area contributed by atoms with Gasteiger partial charge in [0.25, 0.3) is 0 Å². The molecule has 0 saturated carbocycles. The Labute approximate surface area is 99.9 Å². The zero-order valence-electron chi connectivity index (χ0n) is 9.88. The molecule has 1 heterocycles. The highest BCUT2D eigenvalue weighted by Crippen LogP contribution is 2.26. The summed E-state index contributed by atoms with van der Waals surface area (Å²) in [6, 6.07) is 7.54. The van der Waals surface area contributed by atoms with Gasteiger partial charge in [-0.3, -0.25) is 0 Å². The van der Waals surface area contributed by atoms with Crippen LogP contribution in [0, 0.1) is 0 Å². The van der Waals surface area contributed by atoms with Crippen molar-refractivity contribution in [1.29, 1.82) is 0 Å². The normalized spacial score (nSPS) is 10.8. The van der Waals surface area contributed by atoms with Crippen molar-refractivity contribution in [2.45, 2.75) is 26.6 Å². The van der Waals surface area contributed by atoms with Crippen LogP contribution >= 0.6 is 0 Å². The van der Waals surface area contributed by atoms with Crippen LogP contribution in [0.4, 0.5) is 0 Å². The topological polar surface area (TPSA) is 55.5 Å². The van der Waals surface area contributed by atoms with Gasteiger partial charge in [0.05, 0.1) is 12.7 Å². The summed E-state index contributed by atoms with van der Waals surface area (Å²) in [6.45, 7) is 3.81. The molecule has 90 valence electrons. The first kappa shape index (κ1) is 11.7. The van der Waals surface area contributed by atoms with Crippen molar-refractivity contribution < 1.29 is 14.3 Å². The number of oxazole rings is 1. The number of nitrogens with zero attached hydrogens (tertiary/aromatic N) is 1. The molecule has 0 fully saturated rings. The van der Waals surface area contributed by atoms with Crippen LogP contribution in [0.25, 0.3) is 11.3 Å². The number of benzene rings is 1. The van der Waals surface area contributed by atoms with E-state index in [0.29, 0.717) is 11.5 Å². The number of hydrogen-bond acceptors (Lipinski definition) is 4. The molecule has 1 aromatic heterocycles. The quantitative estimate of drug-likeness (QED) is 0.882. The Bertz CT molecular complexity index is 491. The summed E-state index contributed by atoms with van der Waals surface area (Å²) < 4.78 is 10.9. The molecular weight excluding hydrogens is 218 g/mol. The van der Waals surface area contributed by atoms with E-state index in [-0.39, 0.29) is 12.7 Å². The molecule has 0 aliphatic carbocycles. The molecule has 2 aromatic rings. The van der Waals surface area contributed by atoms with Gasteiger partial charge in [0, 0.05) is 5.56 Å². The summed E-state index contributed by atoms with van der Waals surface area (Å²) >= 11 is 0. The Morgan fingerprint density at radius 2 is 2.24 bits per heavy atom. The highest BCUT2D eigenvalue weighted by atomic mass is 16.5. The third kappa shape index (κ3) is 2.65. The largest absolute Gasteiger partial charge is 0.491 e. The third-order valence-electron chi connectivity index (χ3n) is 2.26. The van der Waals surface area contributed by atoms with Crippen LogP contribution in [0.15, 0.2) is 35.1 Å². The minimum absolute atomic E-state index is 0.122. The van der Waals surface area contributed by atoms with Crippen LogP contribution < -0.4 is 4.74 Å². The molecule has 0 bridgehead atoms. The number of aliphatic hydroxyl groups is 1. The second kappa shape index (κ2) is 5.01. The molecule has 0 unspecified atom stereocenters. The summed E-state index contributed by atoms with van der Waals surface area (Å²) in [7, 11) is 0. The van der Waals surface area contributed by atoms with Gasteiger partial charge in [-0.1, -0.05) is 12.1 Å². The smallest absolute Gasteiger partial charge is 0.181 e. The number of ether oxygens (including phenoxy) is 1. The molecular formula is C13H15NO3. The first-order chi connectivity index (χ1) is 8.20. The van der Waals surface area contributed by atoms with E-state index in [1.807, 2.05) is 38.1 Å². The maximum absolute atomic E-state index is 9.13. The van der Waals surface area contributed by atoms with E-state index in [1.54, 1.807) is 0 Å². The Morgan fingerprint density at radius 3 is 2.94 bits per heavy atom. The van der Waals surface area contributed by atoms with Gasteiger partial charge in [0.1, 0.15) is 11.4 Å². The van der Waals surface area contributed by atoms with Gasteiger partial charge >= 0.3 is 0 Å². The van der Waals surface area contributed by atoms with Crippen LogP contribution in [0.2, 0.25) is 0 Å². The zero-order chi connectivity index (χ0) is 12.3. The molecule has 2 rings (SSSR count). The first-order valence-electron chi connectivity index (χ1n) is 5.51. The van der Waals surface area contributed by atoms with E-state index < -0.39 is 0 Å². The molecule has 0 aliphatic rings. The van der Waals surface area contributed by atoms with Crippen molar-refractivity contribution in [3.05, 3.63) is 36.4 Å². The lowest BCUT2D eigenvalue weighted by molar-refractivity contribution is 0.242. The fourth-order valence-electron chi connectivity index (χ4n) is 1.60. The summed E-state index contributed by atoms with van der Waals surface area (Å²) in [4.78, 5) is 3.94. The molecule has 4 nitrogen and oxygen atoms in total. The predicted octanol–water partition coefficient (Wildman–Crippen LogP) is 2.62. The molecule has 0 spiro atoms. The molecule has 0 radical (unpaired) electrons. The van der Waals surface area contributed by atoms with E-state index in [0.717, 1.165) is 11.3 Å². The Kier molecular flexibility index (Phi) is 3.44. The number of rotatable bonds is 4. The van der Waals surface area contributed by atoms with Gasteiger partial charge < -0.3 is 14.3 Å². The van der Waals surface area contributed by atoms with Gasteiger partial charge in [0.2, 0.25) is 0 Å². The highest BCUT2D eigenvalue weighted by Gasteiger charge is 2.10. The Hall–Kier alpha value is -1.81. The van der Waals surface area contributed by atoms with Crippen molar-refractivity contribution in [2.75, 3.05) is 0 Å². The summed E-state index contributed by atoms with van der Waals surface area (Å²) in [5.41, 5.74) is 1.39. The Balaban J connectivity index is 2.33. The zero-order valence-corrected chi connectivity index (χ0v) is 9.88. The highest BCUT2D eigenvalue weighted by molar-refractivity contribution is 5.61. The summed E-state index contributed by atoms with van der Waals surface area (Å²) in [6.07, 6.45) is 1.45. The van der Waals surface area contributed by atoms with Gasteiger partial charge in [-0.15, -0.1) is 0 Å².